The zero-order valence-corrected chi connectivity index (χ0v) is 12.3. The number of rotatable bonds is 7. The zero-order chi connectivity index (χ0) is 13.7. The van der Waals surface area contributed by atoms with Crippen LogP contribution in [0.1, 0.15) is 19.0 Å². The van der Waals surface area contributed by atoms with Gasteiger partial charge in [-0.2, -0.15) is 11.3 Å². The lowest BCUT2D eigenvalue weighted by molar-refractivity contribution is -0.138. The lowest BCUT2D eigenvalue weighted by atomic mass is 10.3. The van der Waals surface area contributed by atoms with Crippen molar-refractivity contribution >= 4 is 28.6 Å². The van der Waals surface area contributed by atoms with Gasteiger partial charge in [0.25, 0.3) is 0 Å². The van der Waals surface area contributed by atoms with Crippen molar-refractivity contribution < 1.29 is 9.90 Å². The molecular formula is C13H16N2O2S2. The van der Waals surface area contributed by atoms with Crippen LogP contribution in [0.2, 0.25) is 0 Å². The van der Waals surface area contributed by atoms with Crippen molar-refractivity contribution in [3.05, 3.63) is 27.9 Å². The van der Waals surface area contributed by atoms with E-state index >= 15 is 0 Å². The maximum absolute atomic E-state index is 10.8. The van der Waals surface area contributed by atoms with E-state index in [0.29, 0.717) is 6.54 Å². The summed E-state index contributed by atoms with van der Waals surface area (Å²) in [6.07, 6.45) is 0.939. The Kier molecular flexibility index (Phi) is 5.07. The monoisotopic (exact) mass is 296 g/mol. The molecule has 2 aromatic rings. The number of aliphatic carboxylic acids is 1. The maximum atomic E-state index is 10.8. The Morgan fingerprint density at radius 1 is 1.47 bits per heavy atom. The summed E-state index contributed by atoms with van der Waals surface area (Å²) in [5.41, 5.74) is 2.09. The summed E-state index contributed by atoms with van der Waals surface area (Å²) in [5.74, 6) is -0.790. The first-order chi connectivity index (χ1) is 9.19. The van der Waals surface area contributed by atoms with E-state index in [2.05, 4.69) is 10.4 Å². The van der Waals surface area contributed by atoms with Gasteiger partial charge >= 0.3 is 5.97 Å². The molecule has 1 N–H and O–H groups in total. The van der Waals surface area contributed by atoms with Gasteiger partial charge in [0.2, 0.25) is 0 Å². The number of carboxylic acids is 1. The first-order valence-corrected chi connectivity index (χ1v) is 7.92. The smallest absolute Gasteiger partial charge is 0.317 e. The van der Waals surface area contributed by atoms with Gasteiger partial charge in [-0.25, -0.2) is 4.98 Å². The van der Waals surface area contributed by atoms with Gasteiger partial charge in [0.15, 0.2) is 0 Å². The van der Waals surface area contributed by atoms with Gasteiger partial charge in [0.1, 0.15) is 5.01 Å². The summed E-state index contributed by atoms with van der Waals surface area (Å²) in [5, 5.41) is 16.0. The molecule has 0 aliphatic rings. The number of hydrogen-bond acceptors (Lipinski definition) is 5. The summed E-state index contributed by atoms with van der Waals surface area (Å²) in [7, 11) is 0. The van der Waals surface area contributed by atoms with Crippen LogP contribution < -0.4 is 0 Å². The molecule has 0 bridgehead atoms. The van der Waals surface area contributed by atoms with Crippen LogP contribution in [-0.2, 0) is 11.3 Å². The molecule has 0 radical (unpaired) electrons. The molecule has 2 rings (SSSR count). The highest BCUT2D eigenvalue weighted by atomic mass is 32.1. The molecule has 6 heteroatoms. The van der Waals surface area contributed by atoms with Crippen molar-refractivity contribution in [1.29, 1.82) is 0 Å². The van der Waals surface area contributed by atoms with Gasteiger partial charge in [-0.1, -0.05) is 6.92 Å². The summed E-state index contributed by atoms with van der Waals surface area (Å²) in [4.78, 5) is 17.3. The molecule has 19 heavy (non-hydrogen) atoms. The molecule has 4 nitrogen and oxygen atoms in total. The average Bonchev–Trinajstić information content (AvgIpc) is 2.97. The van der Waals surface area contributed by atoms with E-state index in [1.54, 1.807) is 22.7 Å². The third kappa shape index (κ3) is 4.12. The van der Waals surface area contributed by atoms with Crippen LogP contribution in [0, 0.1) is 0 Å². The van der Waals surface area contributed by atoms with E-state index in [9.17, 15) is 4.79 Å². The molecule has 0 saturated carbocycles. The van der Waals surface area contributed by atoms with Crippen molar-refractivity contribution in [1.82, 2.24) is 9.88 Å². The SMILES string of the molecule is CCCN(CC(=O)O)Cc1csc(-c2ccsc2)n1. The molecule has 0 aliphatic heterocycles. The number of carboxylic acid groups (broad SMARTS) is 1. The predicted molar refractivity (Wildman–Crippen MR) is 78.6 cm³/mol. The van der Waals surface area contributed by atoms with Gasteiger partial charge in [0.05, 0.1) is 12.2 Å². The van der Waals surface area contributed by atoms with Crippen molar-refractivity contribution in [2.45, 2.75) is 19.9 Å². The topological polar surface area (TPSA) is 53.4 Å². The molecule has 0 fully saturated rings. The van der Waals surface area contributed by atoms with Crippen LogP contribution in [0.3, 0.4) is 0 Å². The first-order valence-electron chi connectivity index (χ1n) is 6.10. The summed E-state index contributed by atoms with van der Waals surface area (Å²) >= 11 is 3.26. The second kappa shape index (κ2) is 6.79. The predicted octanol–water partition coefficient (Wildman–Crippen LogP) is 3.17. The number of thiazole rings is 1. The van der Waals surface area contributed by atoms with Gasteiger partial charge < -0.3 is 5.11 Å². The Balaban J connectivity index is 2.03. The normalized spacial score (nSPS) is 11.1. The van der Waals surface area contributed by atoms with Crippen molar-refractivity contribution in [3.63, 3.8) is 0 Å². The molecule has 0 saturated heterocycles. The Hall–Kier alpha value is -1.24. The summed E-state index contributed by atoms with van der Waals surface area (Å²) < 4.78 is 0. The lowest BCUT2D eigenvalue weighted by Gasteiger charge is -2.17. The molecule has 102 valence electrons. The van der Waals surface area contributed by atoms with Gasteiger partial charge in [-0.05, 0) is 24.4 Å². The van der Waals surface area contributed by atoms with Gasteiger partial charge in [-0.15, -0.1) is 11.3 Å². The fourth-order valence-corrected chi connectivity index (χ4v) is 3.37. The van der Waals surface area contributed by atoms with E-state index in [1.165, 1.54) is 0 Å². The summed E-state index contributed by atoms with van der Waals surface area (Å²) in [6, 6.07) is 2.05. The standard InChI is InChI=1S/C13H16N2O2S2/c1-2-4-15(7-12(16)17)6-11-9-19-13(14-11)10-3-5-18-8-10/h3,5,8-9H,2,4,6-7H2,1H3,(H,16,17). The minimum Gasteiger partial charge on any atom is -0.480 e. The van der Waals surface area contributed by atoms with E-state index in [1.807, 2.05) is 28.7 Å². The third-order valence-electron chi connectivity index (χ3n) is 2.60. The molecule has 0 amide bonds. The Morgan fingerprint density at radius 2 is 2.32 bits per heavy atom. The minimum atomic E-state index is -0.790. The molecule has 0 spiro atoms. The second-order valence-corrected chi connectivity index (χ2v) is 5.90. The van der Waals surface area contributed by atoms with Gasteiger partial charge in [-0.3, -0.25) is 9.69 Å². The maximum Gasteiger partial charge on any atom is 0.317 e. The highest BCUT2D eigenvalue weighted by molar-refractivity contribution is 7.14. The van der Waals surface area contributed by atoms with Gasteiger partial charge in [0, 0.05) is 22.9 Å². The minimum absolute atomic E-state index is 0.0686. The molecule has 0 unspecified atom stereocenters. The molecule has 0 aromatic carbocycles. The van der Waals surface area contributed by atoms with Crippen LogP contribution >= 0.6 is 22.7 Å². The van der Waals surface area contributed by atoms with Crippen LogP contribution in [0.4, 0.5) is 0 Å². The van der Waals surface area contributed by atoms with Crippen LogP contribution in [-0.4, -0.2) is 34.0 Å². The Morgan fingerprint density at radius 3 is 2.95 bits per heavy atom. The number of hydrogen-bond donors (Lipinski definition) is 1. The zero-order valence-electron chi connectivity index (χ0n) is 10.7. The Bertz CT molecular complexity index is 522. The Labute approximate surface area is 120 Å². The number of nitrogens with zero attached hydrogens (tertiary/aromatic N) is 2. The van der Waals surface area contributed by atoms with Crippen LogP contribution in [0.15, 0.2) is 22.2 Å². The molecule has 0 atom stereocenters. The molecular weight excluding hydrogens is 280 g/mol. The fourth-order valence-electron chi connectivity index (χ4n) is 1.85. The average molecular weight is 296 g/mol. The second-order valence-electron chi connectivity index (χ2n) is 4.26. The van der Waals surface area contributed by atoms with Crippen molar-refractivity contribution in [2.24, 2.45) is 0 Å². The molecule has 2 heterocycles. The third-order valence-corrected chi connectivity index (χ3v) is 4.23. The highest BCUT2D eigenvalue weighted by Gasteiger charge is 2.12. The number of aromatic nitrogens is 1. The quantitative estimate of drug-likeness (QED) is 0.852. The van der Waals surface area contributed by atoms with E-state index < -0.39 is 5.97 Å². The van der Waals surface area contributed by atoms with Crippen LogP contribution in [0.5, 0.6) is 0 Å². The lowest BCUT2D eigenvalue weighted by Crippen LogP contribution is -2.30. The van der Waals surface area contributed by atoms with Crippen molar-refractivity contribution in [2.75, 3.05) is 13.1 Å². The van der Waals surface area contributed by atoms with E-state index in [-0.39, 0.29) is 6.54 Å². The highest BCUT2D eigenvalue weighted by Crippen LogP contribution is 2.26. The van der Waals surface area contributed by atoms with E-state index in [4.69, 9.17) is 5.11 Å². The first kappa shape index (κ1) is 14.2. The summed E-state index contributed by atoms with van der Waals surface area (Å²) in [6.45, 7) is 3.49. The fraction of sp³-hybridized carbons (Fsp3) is 0.385. The largest absolute Gasteiger partial charge is 0.480 e. The molecule has 0 aliphatic carbocycles. The van der Waals surface area contributed by atoms with Crippen molar-refractivity contribution in [3.8, 4) is 10.6 Å². The van der Waals surface area contributed by atoms with E-state index in [0.717, 1.165) is 29.2 Å². The molecule has 2 aromatic heterocycles. The van der Waals surface area contributed by atoms with Crippen LogP contribution in [0.25, 0.3) is 10.6 Å². The number of thiophene rings is 1. The number of carbonyl (C=O) groups is 1.